The van der Waals surface area contributed by atoms with Gasteiger partial charge in [0.2, 0.25) is 5.88 Å². The topological polar surface area (TPSA) is 123 Å². The van der Waals surface area contributed by atoms with Crippen LogP contribution in [0.4, 0.5) is 10.6 Å². The molecule has 0 saturated carbocycles. The minimum Gasteiger partial charge on any atom is -0.480 e. The van der Waals surface area contributed by atoms with Crippen LogP contribution < -0.4 is 14.4 Å². The minimum absolute atomic E-state index is 0.0786. The first-order valence-electron chi connectivity index (χ1n) is 12.9. The Morgan fingerprint density at radius 1 is 1.05 bits per heavy atom. The second-order valence-electron chi connectivity index (χ2n) is 10.8. The molecule has 11 nitrogen and oxygen atoms in total. The molecule has 2 aliphatic heterocycles. The van der Waals surface area contributed by atoms with Crippen LogP contribution in [-0.4, -0.2) is 81.7 Å². The summed E-state index contributed by atoms with van der Waals surface area (Å²) in [6.07, 6.45) is 4.07. The normalized spacial score (nSPS) is 23.9. The summed E-state index contributed by atoms with van der Waals surface area (Å²) in [6.45, 7) is 4.20. The van der Waals surface area contributed by atoms with Gasteiger partial charge in [0.05, 0.1) is 19.0 Å². The molecule has 2 bridgehead atoms. The molecule has 2 aromatic heterocycles. The van der Waals surface area contributed by atoms with Gasteiger partial charge in [-0.3, -0.25) is 4.90 Å². The van der Waals surface area contributed by atoms with E-state index in [2.05, 4.69) is 39.1 Å². The van der Waals surface area contributed by atoms with Crippen LogP contribution in [-0.2, 0) is 4.74 Å². The lowest BCUT2D eigenvalue weighted by Crippen LogP contribution is -2.62. The van der Waals surface area contributed by atoms with Crippen LogP contribution in [0.2, 0.25) is 0 Å². The number of carbonyl (C=O) groups is 1. The van der Waals surface area contributed by atoms with E-state index in [-0.39, 0.29) is 23.9 Å². The summed E-state index contributed by atoms with van der Waals surface area (Å²) in [5, 5.41) is 26.9. The molecule has 11 heteroatoms. The average molecular weight is 535 g/mol. The van der Waals surface area contributed by atoms with Crippen LogP contribution in [0, 0.1) is 0 Å². The monoisotopic (exact) mass is 534 g/mol. The van der Waals surface area contributed by atoms with E-state index in [1.807, 2.05) is 37.4 Å². The van der Waals surface area contributed by atoms with E-state index in [1.54, 1.807) is 31.4 Å². The lowest BCUT2D eigenvalue weighted by Gasteiger charge is -2.51. The highest BCUT2D eigenvalue weighted by atomic mass is 16.7. The van der Waals surface area contributed by atoms with Crippen LogP contribution in [0.1, 0.15) is 39.5 Å². The van der Waals surface area contributed by atoms with Gasteiger partial charge in [-0.2, -0.15) is 5.10 Å². The Morgan fingerprint density at radius 2 is 1.79 bits per heavy atom. The van der Waals surface area contributed by atoms with Gasteiger partial charge in [0.25, 0.3) is 0 Å². The number of hydrogen-bond donors (Lipinski definition) is 1. The highest BCUT2D eigenvalue weighted by Gasteiger charge is 2.58. The van der Waals surface area contributed by atoms with E-state index < -0.39 is 6.09 Å². The largest absolute Gasteiger partial charge is 0.480 e. The molecular weight excluding hydrogens is 500 g/mol. The Labute approximate surface area is 227 Å². The number of rotatable bonds is 8. The maximum atomic E-state index is 12.0. The first kappa shape index (κ1) is 26.6. The zero-order valence-electron chi connectivity index (χ0n) is 22.9. The first-order chi connectivity index (χ1) is 18.7. The van der Waals surface area contributed by atoms with Crippen molar-refractivity contribution in [3.05, 3.63) is 42.6 Å². The molecule has 4 heterocycles. The summed E-state index contributed by atoms with van der Waals surface area (Å²) < 4.78 is 16.2. The standard InChI is InChI=1S/C28H34N6O5/c1-27-10-11-28(2,34(27)26(35)36)15-20(14-27)33(3)24-9-8-22(30-31-24)21-7-6-18(12-23(21)39-17-37-4)19-13-25(38-5)32-29-16-19/h6-9,12-13,16,20H,10-11,14-15,17H2,1-5H3,(H,35,36)/t20-,27-,28?/m1/s1. The Kier molecular flexibility index (Phi) is 7.02. The van der Waals surface area contributed by atoms with Crippen LogP contribution in [0.5, 0.6) is 11.6 Å². The fraction of sp³-hybridized carbons (Fsp3) is 0.464. The maximum Gasteiger partial charge on any atom is 0.408 e. The summed E-state index contributed by atoms with van der Waals surface area (Å²) in [6, 6.07) is 11.6. The van der Waals surface area contributed by atoms with Gasteiger partial charge in [0.1, 0.15) is 5.75 Å². The number of anilines is 1. The summed E-state index contributed by atoms with van der Waals surface area (Å²) in [5.74, 6) is 1.76. The van der Waals surface area contributed by atoms with Gasteiger partial charge in [-0.05, 0) is 69.4 Å². The third-order valence-electron chi connectivity index (χ3n) is 8.15. The van der Waals surface area contributed by atoms with Crippen molar-refractivity contribution in [1.82, 2.24) is 25.3 Å². The van der Waals surface area contributed by atoms with Crippen molar-refractivity contribution in [2.24, 2.45) is 0 Å². The summed E-state index contributed by atoms with van der Waals surface area (Å²) in [7, 11) is 5.13. The van der Waals surface area contributed by atoms with Crippen molar-refractivity contribution >= 4 is 11.9 Å². The third-order valence-corrected chi connectivity index (χ3v) is 8.15. The molecule has 39 heavy (non-hydrogen) atoms. The van der Waals surface area contributed by atoms with E-state index in [0.29, 0.717) is 17.3 Å². The molecule has 1 amide bonds. The number of methoxy groups -OCH3 is 2. The molecule has 2 aliphatic rings. The van der Waals surface area contributed by atoms with Crippen LogP contribution in [0.25, 0.3) is 22.4 Å². The fourth-order valence-electron chi connectivity index (χ4n) is 6.23. The van der Waals surface area contributed by atoms with Gasteiger partial charge in [-0.25, -0.2) is 4.79 Å². The molecule has 1 unspecified atom stereocenters. The lowest BCUT2D eigenvalue weighted by atomic mass is 9.82. The zero-order valence-corrected chi connectivity index (χ0v) is 22.9. The minimum atomic E-state index is -0.834. The highest BCUT2D eigenvalue weighted by molar-refractivity contribution is 5.75. The molecular formula is C28H34N6O5. The van der Waals surface area contributed by atoms with Gasteiger partial charge in [-0.15, -0.1) is 15.3 Å². The average Bonchev–Trinajstić information content (AvgIpc) is 3.12. The van der Waals surface area contributed by atoms with Gasteiger partial charge in [0.15, 0.2) is 12.6 Å². The summed E-state index contributed by atoms with van der Waals surface area (Å²) in [5.41, 5.74) is 2.40. The molecule has 2 saturated heterocycles. The van der Waals surface area contributed by atoms with Crippen molar-refractivity contribution in [3.63, 3.8) is 0 Å². The molecule has 2 fully saturated rings. The molecule has 1 aromatic carbocycles. The lowest BCUT2D eigenvalue weighted by molar-refractivity contribution is 0.0131. The number of ether oxygens (including phenoxy) is 3. The first-order valence-corrected chi connectivity index (χ1v) is 12.9. The highest BCUT2D eigenvalue weighted by Crippen LogP contribution is 2.51. The Hall–Kier alpha value is -3.99. The maximum absolute atomic E-state index is 12.0. The number of amides is 1. The molecule has 0 spiro atoms. The van der Waals surface area contributed by atoms with Gasteiger partial charge < -0.3 is 24.2 Å². The Balaban J connectivity index is 1.39. The van der Waals surface area contributed by atoms with Crippen molar-refractivity contribution < 1.29 is 24.1 Å². The Bertz CT molecular complexity index is 1330. The number of hydrogen-bond acceptors (Lipinski definition) is 9. The van der Waals surface area contributed by atoms with Gasteiger partial charge >= 0.3 is 6.09 Å². The fourth-order valence-corrected chi connectivity index (χ4v) is 6.23. The van der Waals surface area contributed by atoms with E-state index in [4.69, 9.17) is 14.2 Å². The van der Waals surface area contributed by atoms with Crippen LogP contribution in [0.15, 0.2) is 42.6 Å². The number of aromatic nitrogens is 4. The van der Waals surface area contributed by atoms with Gasteiger partial charge in [0, 0.05) is 48.5 Å². The number of benzene rings is 1. The van der Waals surface area contributed by atoms with Crippen molar-refractivity contribution in [2.75, 3.05) is 33.0 Å². The number of nitrogens with zero attached hydrogens (tertiary/aromatic N) is 6. The number of fused-ring (bicyclic) bond motifs is 2. The smallest absolute Gasteiger partial charge is 0.408 e. The predicted octanol–water partition coefficient (Wildman–Crippen LogP) is 4.48. The zero-order chi connectivity index (χ0) is 27.8. The Morgan fingerprint density at radius 3 is 2.41 bits per heavy atom. The quantitative estimate of drug-likeness (QED) is 0.414. The van der Waals surface area contributed by atoms with Crippen molar-refractivity contribution in [1.29, 1.82) is 0 Å². The predicted molar refractivity (Wildman–Crippen MR) is 145 cm³/mol. The summed E-state index contributed by atoms with van der Waals surface area (Å²) in [4.78, 5) is 15.8. The van der Waals surface area contributed by atoms with Crippen LogP contribution in [0.3, 0.4) is 0 Å². The molecule has 0 radical (unpaired) electrons. The molecule has 206 valence electrons. The molecule has 0 aliphatic carbocycles. The number of piperidine rings is 1. The second-order valence-corrected chi connectivity index (χ2v) is 10.8. The molecule has 5 rings (SSSR count). The second kappa shape index (κ2) is 10.3. The van der Waals surface area contributed by atoms with Gasteiger partial charge in [-0.1, -0.05) is 6.07 Å². The molecule has 3 atom stereocenters. The van der Waals surface area contributed by atoms with E-state index in [1.165, 1.54) is 0 Å². The van der Waals surface area contributed by atoms with E-state index in [9.17, 15) is 9.90 Å². The summed E-state index contributed by atoms with van der Waals surface area (Å²) >= 11 is 0. The number of carboxylic acid groups (broad SMARTS) is 1. The van der Waals surface area contributed by atoms with E-state index in [0.717, 1.165) is 48.2 Å². The molecule has 3 aromatic rings. The van der Waals surface area contributed by atoms with Crippen LogP contribution >= 0.6 is 0 Å². The SMILES string of the molecule is COCOc1cc(-c2cnnc(OC)c2)ccc1-c1ccc(N(C)[C@H]2CC3(C)CC[C@](C)(C2)N3C(=O)O)nn1. The van der Waals surface area contributed by atoms with E-state index >= 15 is 0 Å². The third kappa shape index (κ3) is 4.94. The molecule has 1 N–H and O–H groups in total. The van der Waals surface area contributed by atoms with Crippen molar-refractivity contribution in [2.45, 2.75) is 56.7 Å². The van der Waals surface area contributed by atoms with Crippen molar-refractivity contribution in [3.8, 4) is 34.0 Å².